The lowest BCUT2D eigenvalue weighted by molar-refractivity contribution is -0.00954. The van der Waals surface area contributed by atoms with E-state index in [2.05, 4.69) is 74.2 Å². The van der Waals surface area contributed by atoms with Gasteiger partial charge in [-0.2, -0.15) is 8.78 Å². The smallest absolute Gasteiger partial charge is 0.263 e. The number of terminal acetylenes is 1. The number of nitrogens with zero attached hydrogens (tertiary/aromatic N) is 3. The molecule has 1 aromatic carbocycles. The summed E-state index contributed by atoms with van der Waals surface area (Å²) in [7, 11) is 0. The standard InChI is InChI=1S/C29H29BrClF4N7/c1-6-15-12-36-24-17(31)11-18(21(30)20(24)22(15)37-13-28(3,4)5)39-23(16-7-8-19(32)38-14(16)2)25-26(33)42(41-40-25)29(9-10-29)27(34)35/h1,7-8,11-12,23,27,39-41H,9-10,13H2,2-5H3,(H,36,37)/t23-/m0/s1. The Labute approximate surface area is 254 Å². The van der Waals surface area contributed by atoms with Crippen LogP contribution in [-0.4, -0.2) is 33.5 Å². The van der Waals surface area contributed by atoms with Crippen LogP contribution in [0.15, 0.2) is 40.5 Å². The topological polar surface area (TPSA) is 77.1 Å². The fourth-order valence-electron chi connectivity index (χ4n) is 4.86. The molecular formula is C29H29BrClF4N7. The van der Waals surface area contributed by atoms with Gasteiger partial charge in [-0.1, -0.05) is 44.4 Å². The Balaban J connectivity index is 1.66. The van der Waals surface area contributed by atoms with Gasteiger partial charge in [-0.3, -0.25) is 9.99 Å². The van der Waals surface area contributed by atoms with Gasteiger partial charge in [0.1, 0.15) is 11.2 Å². The highest BCUT2D eigenvalue weighted by Gasteiger charge is 2.59. The van der Waals surface area contributed by atoms with Gasteiger partial charge < -0.3 is 16.1 Å². The average molecular weight is 667 g/mol. The Hall–Kier alpha value is -3.27. The molecule has 7 nitrogen and oxygen atoms in total. The van der Waals surface area contributed by atoms with E-state index in [1.165, 1.54) is 6.07 Å². The van der Waals surface area contributed by atoms with Crippen molar-refractivity contribution >= 4 is 49.8 Å². The molecule has 1 saturated carbocycles. The third-order valence-electron chi connectivity index (χ3n) is 7.31. The van der Waals surface area contributed by atoms with Gasteiger partial charge in [0.25, 0.3) is 6.43 Å². The first-order valence-electron chi connectivity index (χ1n) is 13.2. The molecule has 4 N–H and O–H groups in total. The van der Waals surface area contributed by atoms with Crippen molar-refractivity contribution in [3.8, 4) is 12.3 Å². The third-order valence-corrected chi connectivity index (χ3v) is 8.42. The lowest BCUT2D eigenvalue weighted by atomic mass is 9.96. The summed E-state index contributed by atoms with van der Waals surface area (Å²) >= 11 is 10.4. The predicted octanol–water partition coefficient (Wildman–Crippen LogP) is 7.35. The quantitative estimate of drug-likeness (QED) is 0.0867. The van der Waals surface area contributed by atoms with Gasteiger partial charge in [0, 0.05) is 29.4 Å². The second kappa shape index (κ2) is 11.1. The molecule has 222 valence electrons. The van der Waals surface area contributed by atoms with E-state index in [1.54, 1.807) is 19.2 Å². The highest BCUT2D eigenvalue weighted by Crippen LogP contribution is 2.50. The minimum Gasteiger partial charge on any atom is -0.383 e. The van der Waals surface area contributed by atoms with Crippen molar-refractivity contribution in [1.82, 2.24) is 25.9 Å². The Bertz CT molecular complexity index is 1630. The normalized spacial score (nSPS) is 17.0. The van der Waals surface area contributed by atoms with Gasteiger partial charge in [-0.25, -0.2) is 13.8 Å². The Morgan fingerprint density at radius 2 is 1.98 bits per heavy atom. The number of halogens is 6. The van der Waals surface area contributed by atoms with Crippen LogP contribution in [-0.2, 0) is 0 Å². The van der Waals surface area contributed by atoms with Crippen molar-refractivity contribution in [3.05, 3.63) is 68.3 Å². The summed E-state index contributed by atoms with van der Waals surface area (Å²) in [4.78, 5) is 8.38. The number of hydrogen-bond acceptors (Lipinski definition) is 7. The monoisotopic (exact) mass is 665 g/mol. The van der Waals surface area contributed by atoms with Crippen LogP contribution < -0.4 is 21.6 Å². The van der Waals surface area contributed by atoms with E-state index >= 15 is 4.39 Å². The van der Waals surface area contributed by atoms with Crippen LogP contribution in [0.2, 0.25) is 5.02 Å². The van der Waals surface area contributed by atoms with E-state index in [0.29, 0.717) is 44.4 Å². The molecule has 2 aliphatic rings. The molecule has 0 radical (unpaired) electrons. The first-order valence-corrected chi connectivity index (χ1v) is 14.3. The van der Waals surface area contributed by atoms with E-state index in [4.69, 9.17) is 18.0 Å². The summed E-state index contributed by atoms with van der Waals surface area (Å²) in [5, 5.41) is 8.41. The lowest BCUT2D eigenvalue weighted by Crippen LogP contribution is -2.49. The van der Waals surface area contributed by atoms with Crippen LogP contribution in [0, 0.1) is 30.6 Å². The number of alkyl halides is 2. The first-order chi connectivity index (χ1) is 19.8. The van der Waals surface area contributed by atoms with Crippen LogP contribution in [0.5, 0.6) is 0 Å². The summed E-state index contributed by atoms with van der Waals surface area (Å²) in [6.07, 6.45) is 4.84. The summed E-state index contributed by atoms with van der Waals surface area (Å²) in [5.74, 6) is 1.03. The number of benzene rings is 1. The van der Waals surface area contributed by atoms with Crippen LogP contribution in [0.1, 0.15) is 56.5 Å². The number of nitrogens with one attached hydrogen (secondary N) is 4. The van der Waals surface area contributed by atoms with Crippen molar-refractivity contribution in [2.24, 2.45) is 5.41 Å². The molecule has 0 spiro atoms. The van der Waals surface area contributed by atoms with Gasteiger partial charge in [0.2, 0.25) is 11.9 Å². The summed E-state index contributed by atoms with van der Waals surface area (Å²) < 4.78 is 58.2. The van der Waals surface area contributed by atoms with Crippen molar-refractivity contribution in [3.63, 3.8) is 0 Å². The van der Waals surface area contributed by atoms with Gasteiger partial charge in [-0.05, 0) is 53.2 Å². The maximum atomic E-state index is 15.9. The minimum atomic E-state index is -2.78. The fraction of sp³-hybridized carbons (Fsp3) is 0.379. The number of fused-ring (bicyclic) bond motifs is 1. The lowest BCUT2D eigenvalue weighted by Gasteiger charge is -2.26. The molecule has 1 fully saturated rings. The van der Waals surface area contributed by atoms with Crippen LogP contribution in [0.4, 0.5) is 28.9 Å². The average Bonchev–Trinajstić information content (AvgIpc) is 3.64. The zero-order valence-corrected chi connectivity index (χ0v) is 25.6. The van der Waals surface area contributed by atoms with Crippen LogP contribution >= 0.6 is 27.5 Å². The first kappa shape index (κ1) is 30.2. The second-order valence-corrected chi connectivity index (χ2v) is 12.8. The van der Waals surface area contributed by atoms with E-state index < -0.39 is 29.9 Å². The van der Waals surface area contributed by atoms with E-state index in [-0.39, 0.29) is 34.7 Å². The predicted molar refractivity (Wildman–Crippen MR) is 160 cm³/mol. The summed E-state index contributed by atoms with van der Waals surface area (Å²) in [6.45, 7) is 8.39. The van der Waals surface area contributed by atoms with Crippen molar-refractivity contribution < 1.29 is 17.6 Å². The minimum absolute atomic E-state index is 0.0804. The van der Waals surface area contributed by atoms with Gasteiger partial charge in [0.05, 0.1) is 38.0 Å². The summed E-state index contributed by atoms with van der Waals surface area (Å²) in [6, 6.07) is 3.20. The fourth-order valence-corrected chi connectivity index (χ4v) is 5.73. The molecule has 0 bridgehead atoms. The zero-order chi connectivity index (χ0) is 30.6. The largest absolute Gasteiger partial charge is 0.383 e. The second-order valence-electron chi connectivity index (χ2n) is 11.6. The molecular weight excluding hydrogens is 638 g/mol. The maximum absolute atomic E-state index is 15.9. The Morgan fingerprint density at radius 3 is 2.57 bits per heavy atom. The summed E-state index contributed by atoms with van der Waals surface area (Å²) in [5.41, 5.74) is 6.19. The maximum Gasteiger partial charge on any atom is 0.263 e. The van der Waals surface area contributed by atoms with Crippen LogP contribution in [0.3, 0.4) is 0 Å². The number of hydrazine groups is 2. The number of aromatic nitrogens is 2. The number of pyridine rings is 2. The van der Waals surface area contributed by atoms with Gasteiger partial charge in [-0.15, -0.1) is 12.0 Å². The van der Waals surface area contributed by atoms with Gasteiger partial charge >= 0.3 is 0 Å². The Kier molecular flexibility index (Phi) is 7.98. The van der Waals surface area contributed by atoms with Gasteiger partial charge in [0.15, 0.2) is 0 Å². The molecule has 0 amide bonds. The molecule has 2 aromatic heterocycles. The number of aryl methyl sites for hydroxylation is 1. The molecule has 3 heterocycles. The van der Waals surface area contributed by atoms with Crippen molar-refractivity contribution in [2.45, 2.75) is 58.5 Å². The number of rotatable bonds is 8. The van der Waals surface area contributed by atoms with Crippen LogP contribution in [0.25, 0.3) is 10.9 Å². The van der Waals surface area contributed by atoms with E-state index in [9.17, 15) is 13.2 Å². The molecule has 42 heavy (non-hydrogen) atoms. The molecule has 1 atom stereocenters. The van der Waals surface area contributed by atoms with E-state index in [0.717, 1.165) is 11.1 Å². The molecule has 13 heteroatoms. The molecule has 1 aliphatic heterocycles. The molecule has 0 saturated heterocycles. The molecule has 1 aliphatic carbocycles. The molecule has 3 aromatic rings. The third kappa shape index (κ3) is 5.45. The highest BCUT2D eigenvalue weighted by atomic mass is 79.9. The van der Waals surface area contributed by atoms with Crippen molar-refractivity contribution in [1.29, 1.82) is 0 Å². The van der Waals surface area contributed by atoms with Crippen molar-refractivity contribution in [2.75, 3.05) is 17.2 Å². The number of hydrogen-bond donors (Lipinski definition) is 4. The van der Waals surface area contributed by atoms with E-state index in [1.807, 2.05) is 0 Å². The SMILES string of the molecule is C#Cc1cnc2c(Cl)cc(N[C@H](C3=C(F)N(C4(C(F)F)CC4)NN3)c3ccc(F)nc3C)c(Br)c2c1NCC(C)(C)C. The molecule has 0 unspecified atom stereocenters. The number of anilines is 2. The highest BCUT2D eigenvalue weighted by molar-refractivity contribution is 9.10. The molecule has 5 rings (SSSR count). The Morgan fingerprint density at radius 1 is 1.26 bits per heavy atom. The zero-order valence-electron chi connectivity index (χ0n) is 23.3.